The van der Waals surface area contributed by atoms with Crippen LogP contribution in [0.4, 0.5) is 0 Å². The number of hydrogen-bond donors (Lipinski definition) is 1. The van der Waals surface area contributed by atoms with E-state index in [9.17, 15) is 4.79 Å². The van der Waals surface area contributed by atoms with Gasteiger partial charge in [-0.15, -0.1) is 11.3 Å². The Morgan fingerprint density at radius 1 is 1.42 bits per heavy atom. The molecule has 0 aliphatic rings. The molecule has 0 aliphatic heterocycles. The lowest BCUT2D eigenvalue weighted by Crippen LogP contribution is -2.39. The van der Waals surface area contributed by atoms with Crippen LogP contribution in [0.1, 0.15) is 57.2 Å². The minimum atomic E-state index is 0.0977. The van der Waals surface area contributed by atoms with E-state index in [2.05, 4.69) is 31.1 Å². The molecule has 1 aromatic rings. The van der Waals surface area contributed by atoms with Crippen molar-refractivity contribution in [2.45, 2.75) is 65.8 Å². The van der Waals surface area contributed by atoms with E-state index in [1.54, 1.807) is 11.3 Å². The van der Waals surface area contributed by atoms with Crippen LogP contribution < -0.4 is 5.32 Å². The highest BCUT2D eigenvalue weighted by Crippen LogP contribution is 2.12. The fourth-order valence-electron chi connectivity index (χ4n) is 2.10. The predicted molar refractivity (Wildman–Crippen MR) is 81.5 cm³/mol. The maximum absolute atomic E-state index is 12.0. The smallest absolute Gasteiger partial charge is 0.226 e. The zero-order valence-electron chi connectivity index (χ0n) is 12.5. The molecule has 1 heterocycles. The fraction of sp³-hybridized carbons (Fsp3) is 0.733. The van der Waals surface area contributed by atoms with Crippen molar-refractivity contribution in [2.24, 2.45) is 5.92 Å². The fourth-order valence-corrected chi connectivity index (χ4v) is 2.71. The first kappa shape index (κ1) is 16.2. The Morgan fingerprint density at radius 3 is 2.68 bits per heavy atom. The van der Waals surface area contributed by atoms with Crippen molar-refractivity contribution in [3.05, 3.63) is 16.1 Å². The third kappa shape index (κ3) is 6.19. The average Bonchev–Trinajstić information content (AvgIpc) is 2.73. The molecule has 1 aromatic heterocycles. The minimum absolute atomic E-state index is 0.0977. The third-order valence-electron chi connectivity index (χ3n) is 3.28. The maximum atomic E-state index is 12.0. The molecule has 0 aliphatic carbocycles. The molecule has 0 spiro atoms. The largest absolute Gasteiger partial charge is 0.353 e. The summed E-state index contributed by atoms with van der Waals surface area (Å²) in [6.07, 6.45) is 5.13. The SMILES string of the molecule is CCCCCC(NC(=O)Cc1csc(C)n1)C(C)C. The van der Waals surface area contributed by atoms with Gasteiger partial charge in [-0.05, 0) is 19.3 Å². The van der Waals surface area contributed by atoms with Gasteiger partial charge in [0.2, 0.25) is 5.91 Å². The van der Waals surface area contributed by atoms with Gasteiger partial charge in [0.1, 0.15) is 0 Å². The first-order valence-electron chi connectivity index (χ1n) is 7.23. The van der Waals surface area contributed by atoms with Gasteiger partial charge in [0, 0.05) is 11.4 Å². The lowest BCUT2D eigenvalue weighted by molar-refractivity contribution is -0.121. The van der Waals surface area contributed by atoms with E-state index in [0.717, 1.165) is 17.1 Å². The van der Waals surface area contributed by atoms with Gasteiger partial charge in [0.05, 0.1) is 17.1 Å². The van der Waals surface area contributed by atoms with Gasteiger partial charge in [0.25, 0.3) is 0 Å². The first-order chi connectivity index (χ1) is 9.02. The number of unbranched alkanes of at least 4 members (excludes halogenated alkanes) is 2. The molecule has 0 saturated carbocycles. The number of hydrogen-bond acceptors (Lipinski definition) is 3. The van der Waals surface area contributed by atoms with Gasteiger partial charge in [-0.2, -0.15) is 0 Å². The molecule has 0 saturated heterocycles. The highest BCUT2D eigenvalue weighted by molar-refractivity contribution is 7.09. The third-order valence-corrected chi connectivity index (χ3v) is 4.10. The van der Waals surface area contributed by atoms with E-state index in [4.69, 9.17) is 0 Å². The Balaban J connectivity index is 2.42. The predicted octanol–water partition coefficient (Wildman–Crippen LogP) is 3.72. The van der Waals surface area contributed by atoms with Crippen molar-refractivity contribution in [3.8, 4) is 0 Å². The molecule has 0 bridgehead atoms. The highest BCUT2D eigenvalue weighted by Gasteiger charge is 2.16. The summed E-state index contributed by atoms with van der Waals surface area (Å²) in [4.78, 5) is 16.4. The van der Waals surface area contributed by atoms with Crippen molar-refractivity contribution >= 4 is 17.2 Å². The average molecular weight is 282 g/mol. The van der Waals surface area contributed by atoms with Gasteiger partial charge in [-0.25, -0.2) is 4.98 Å². The summed E-state index contributed by atoms with van der Waals surface area (Å²) in [5.74, 6) is 0.582. The Labute approximate surface area is 120 Å². The summed E-state index contributed by atoms with van der Waals surface area (Å²) in [5, 5.41) is 6.15. The van der Waals surface area contributed by atoms with E-state index in [1.807, 2.05) is 12.3 Å². The second kappa shape index (κ2) is 8.31. The van der Waals surface area contributed by atoms with Gasteiger partial charge < -0.3 is 5.32 Å². The van der Waals surface area contributed by atoms with Gasteiger partial charge in [-0.1, -0.05) is 40.0 Å². The number of rotatable bonds is 8. The van der Waals surface area contributed by atoms with E-state index >= 15 is 0 Å². The van der Waals surface area contributed by atoms with E-state index in [1.165, 1.54) is 19.3 Å². The van der Waals surface area contributed by atoms with Crippen LogP contribution in [0.5, 0.6) is 0 Å². The molecule has 1 unspecified atom stereocenters. The van der Waals surface area contributed by atoms with Gasteiger partial charge in [0.15, 0.2) is 0 Å². The second-order valence-electron chi connectivity index (χ2n) is 5.45. The van der Waals surface area contributed by atoms with Crippen LogP contribution in [0.2, 0.25) is 0 Å². The van der Waals surface area contributed by atoms with Crippen LogP contribution in [-0.2, 0) is 11.2 Å². The molecule has 1 atom stereocenters. The van der Waals surface area contributed by atoms with Crippen molar-refractivity contribution in [1.82, 2.24) is 10.3 Å². The number of aromatic nitrogens is 1. The molecule has 1 N–H and O–H groups in total. The van der Waals surface area contributed by atoms with Crippen LogP contribution >= 0.6 is 11.3 Å². The molecule has 108 valence electrons. The van der Waals surface area contributed by atoms with Crippen molar-refractivity contribution in [3.63, 3.8) is 0 Å². The van der Waals surface area contributed by atoms with E-state index in [0.29, 0.717) is 18.4 Å². The van der Waals surface area contributed by atoms with E-state index in [-0.39, 0.29) is 5.91 Å². The Hall–Kier alpha value is -0.900. The van der Waals surface area contributed by atoms with Crippen LogP contribution in [0.3, 0.4) is 0 Å². The summed E-state index contributed by atoms with van der Waals surface area (Å²) in [5.41, 5.74) is 0.885. The molecule has 1 amide bonds. The number of thiazole rings is 1. The molecule has 1 rings (SSSR count). The van der Waals surface area contributed by atoms with Crippen LogP contribution in [0.15, 0.2) is 5.38 Å². The summed E-state index contributed by atoms with van der Waals surface area (Å²) in [6, 6.07) is 0.291. The van der Waals surface area contributed by atoms with Crippen LogP contribution in [0, 0.1) is 12.8 Å². The normalized spacial score (nSPS) is 12.7. The standard InChI is InChI=1S/C15H26N2OS/c1-5-6-7-8-14(11(2)3)17-15(18)9-13-10-19-12(4)16-13/h10-11,14H,5-9H2,1-4H3,(H,17,18). The molecular formula is C15H26N2OS. The molecule has 4 heteroatoms. The molecule has 0 fully saturated rings. The lowest BCUT2D eigenvalue weighted by Gasteiger charge is -2.22. The zero-order chi connectivity index (χ0) is 14.3. The number of carbonyl (C=O) groups excluding carboxylic acids is 1. The first-order valence-corrected chi connectivity index (χ1v) is 8.11. The topological polar surface area (TPSA) is 42.0 Å². The molecule has 0 aromatic carbocycles. The maximum Gasteiger partial charge on any atom is 0.226 e. The van der Waals surface area contributed by atoms with Crippen LogP contribution in [0.25, 0.3) is 0 Å². The molecule has 3 nitrogen and oxygen atoms in total. The minimum Gasteiger partial charge on any atom is -0.353 e. The summed E-state index contributed by atoms with van der Waals surface area (Å²) in [7, 11) is 0. The second-order valence-corrected chi connectivity index (χ2v) is 6.51. The highest BCUT2D eigenvalue weighted by atomic mass is 32.1. The lowest BCUT2D eigenvalue weighted by atomic mass is 9.97. The number of aryl methyl sites for hydroxylation is 1. The quantitative estimate of drug-likeness (QED) is 0.738. The Bertz CT molecular complexity index is 387. The Morgan fingerprint density at radius 2 is 2.16 bits per heavy atom. The van der Waals surface area contributed by atoms with Crippen LogP contribution in [-0.4, -0.2) is 16.9 Å². The number of nitrogens with zero attached hydrogens (tertiary/aromatic N) is 1. The van der Waals surface area contributed by atoms with Gasteiger partial charge in [-0.3, -0.25) is 4.79 Å². The molecular weight excluding hydrogens is 256 g/mol. The Kier molecular flexibility index (Phi) is 7.06. The van der Waals surface area contributed by atoms with E-state index < -0.39 is 0 Å². The number of nitrogens with one attached hydrogen (secondary N) is 1. The number of amides is 1. The van der Waals surface area contributed by atoms with Gasteiger partial charge >= 0.3 is 0 Å². The number of carbonyl (C=O) groups is 1. The van der Waals surface area contributed by atoms with Crippen molar-refractivity contribution in [2.75, 3.05) is 0 Å². The van der Waals surface area contributed by atoms with Crippen molar-refractivity contribution in [1.29, 1.82) is 0 Å². The summed E-state index contributed by atoms with van der Waals surface area (Å²) >= 11 is 1.60. The summed E-state index contributed by atoms with van der Waals surface area (Å²) < 4.78 is 0. The van der Waals surface area contributed by atoms with Crippen molar-refractivity contribution < 1.29 is 4.79 Å². The monoisotopic (exact) mass is 282 g/mol. The molecule has 0 radical (unpaired) electrons. The molecule has 19 heavy (non-hydrogen) atoms. The zero-order valence-corrected chi connectivity index (χ0v) is 13.3. The summed E-state index contributed by atoms with van der Waals surface area (Å²) in [6.45, 7) is 8.51.